The zero-order valence-corrected chi connectivity index (χ0v) is 15.9. The quantitative estimate of drug-likeness (QED) is 0.561. The van der Waals surface area contributed by atoms with Gasteiger partial charge in [0.1, 0.15) is 11.5 Å². The number of imidazole rings is 1. The highest BCUT2D eigenvalue weighted by molar-refractivity contribution is 7.71. The summed E-state index contributed by atoms with van der Waals surface area (Å²) < 4.78 is 15.0. The number of hydrogen-bond acceptors (Lipinski definition) is 2. The van der Waals surface area contributed by atoms with Crippen molar-refractivity contribution in [3.05, 3.63) is 80.6 Å². The number of nitrogens with one attached hydrogen (secondary N) is 2. The maximum atomic E-state index is 13.2. The lowest BCUT2D eigenvalue weighted by Gasteiger charge is -2.16. The molecular formula is C18H14Cl2FN3OS. The van der Waals surface area contributed by atoms with Crippen LogP contribution in [0.4, 0.5) is 4.39 Å². The van der Waals surface area contributed by atoms with Gasteiger partial charge in [-0.15, -0.1) is 0 Å². The second kappa shape index (κ2) is 7.61. The van der Waals surface area contributed by atoms with Crippen molar-refractivity contribution in [3.8, 4) is 5.69 Å². The molecule has 134 valence electrons. The fourth-order valence-electron chi connectivity index (χ4n) is 2.58. The number of carbonyl (C=O) groups excluding carboxylic acids is 1. The van der Waals surface area contributed by atoms with Crippen LogP contribution in [0.5, 0.6) is 0 Å². The summed E-state index contributed by atoms with van der Waals surface area (Å²) >= 11 is 17.4. The van der Waals surface area contributed by atoms with Crippen molar-refractivity contribution in [2.45, 2.75) is 13.0 Å². The topological polar surface area (TPSA) is 49.8 Å². The van der Waals surface area contributed by atoms with Gasteiger partial charge in [-0.05, 0) is 61.1 Å². The summed E-state index contributed by atoms with van der Waals surface area (Å²) in [7, 11) is 0. The van der Waals surface area contributed by atoms with Gasteiger partial charge in [-0.1, -0.05) is 29.3 Å². The third-order valence-corrected chi connectivity index (χ3v) is 4.73. The standard InChI is InChI=1S/C18H14Cl2FN3OS/c1-10(14-7-2-11(19)8-15(14)20)23-17(25)16-9-22-18(26)24(16)13-5-3-12(21)4-6-13/h2-10H,1H3,(H,22,26)(H,23,25). The first-order chi connectivity index (χ1) is 12.4. The lowest BCUT2D eigenvalue weighted by Crippen LogP contribution is -2.28. The number of H-pyrrole nitrogens is 1. The van der Waals surface area contributed by atoms with Crippen LogP contribution in [0.3, 0.4) is 0 Å². The largest absolute Gasteiger partial charge is 0.344 e. The molecule has 3 aromatic rings. The van der Waals surface area contributed by atoms with Gasteiger partial charge in [0.15, 0.2) is 4.77 Å². The van der Waals surface area contributed by atoms with Gasteiger partial charge in [0.05, 0.1) is 6.04 Å². The predicted octanol–water partition coefficient (Wildman–Crippen LogP) is 5.47. The Kier molecular flexibility index (Phi) is 5.46. The molecule has 0 aliphatic rings. The molecule has 4 nitrogen and oxygen atoms in total. The van der Waals surface area contributed by atoms with Gasteiger partial charge in [-0.2, -0.15) is 0 Å². The Balaban J connectivity index is 1.89. The molecule has 0 saturated heterocycles. The van der Waals surface area contributed by atoms with Crippen LogP contribution in [0.1, 0.15) is 29.0 Å². The number of aromatic nitrogens is 2. The zero-order chi connectivity index (χ0) is 18.8. The van der Waals surface area contributed by atoms with E-state index in [2.05, 4.69) is 10.3 Å². The number of benzene rings is 2. The fraction of sp³-hybridized carbons (Fsp3) is 0.111. The van der Waals surface area contributed by atoms with Crippen molar-refractivity contribution in [1.82, 2.24) is 14.9 Å². The van der Waals surface area contributed by atoms with E-state index >= 15 is 0 Å². The fourth-order valence-corrected chi connectivity index (χ4v) is 3.42. The summed E-state index contributed by atoms with van der Waals surface area (Å²) in [6.07, 6.45) is 1.51. The molecule has 0 aliphatic carbocycles. The van der Waals surface area contributed by atoms with E-state index in [0.29, 0.717) is 26.2 Å². The Labute approximate surface area is 164 Å². The second-order valence-corrected chi connectivity index (χ2v) is 6.88. The number of rotatable bonds is 4. The molecule has 1 heterocycles. The van der Waals surface area contributed by atoms with Crippen molar-refractivity contribution >= 4 is 41.3 Å². The van der Waals surface area contributed by atoms with E-state index in [0.717, 1.165) is 5.56 Å². The van der Waals surface area contributed by atoms with Crippen LogP contribution in [-0.4, -0.2) is 15.5 Å². The van der Waals surface area contributed by atoms with E-state index in [1.165, 1.54) is 18.3 Å². The summed E-state index contributed by atoms with van der Waals surface area (Å²) in [4.78, 5) is 15.6. The molecule has 1 atom stereocenters. The van der Waals surface area contributed by atoms with Gasteiger partial charge < -0.3 is 10.3 Å². The van der Waals surface area contributed by atoms with E-state index in [-0.39, 0.29) is 17.8 Å². The van der Waals surface area contributed by atoms with Crippen LogP contribution in [0, 0.1) is 10.6 Å². The smallest absolute Gasteiger partial charge is 0.270 e. The number of nitrogens with zero attached hydrogens (tertiary/aromatic N) is 1. The van der Waals surface area contributed by atoms with Crippen molar-refractivity contribution in [2.75, 3.05) is 0 Å². The van der Waals surface area contributed by atoms with E-state index in [1.54, 1.807) is 34.9 Å². The molecular weight excluding hydrogens is 396 g/mol. The van der Waals surface area contributed by atoms with E-state index in [4.69, 9.17) is 35.4 Å². The molecule has 0 fully saturated rings. The number of hydrogen-bond donors (Lipinski definition) is 2. The summed E-state index contributed by atoms with van der Waals surface area (Å²) in [5, 5.41) is 3.87. The van der Waals surface area contributed by atoms with Gasteiger partial charge in [0.25, 0.3) is 5.91 Å². The van der Waals surface area contributed by atoms with E-state index in [1.807, 2.05) is 6.92 Å². The molecule has 3 rings (SSSR count). The molecule has 8 heteroatoms. The Morgan fingerprint density at radius 1 is 1.23 bits per heavy atom. The molecule has 1 unspecified atom stereocenters. The molecule has 0 aliphatic heterocycles. The van der Waals surface area contributed by atoms with Gasteiger partial charge >= 0.3 is 0 Å². The van der Waals surface area contributed by atoms with Crippen LogP contribution >= 0.6 is 35.4 Å². The third kappa shape index (κ3) is 3.82. The average Bonchev–Trinajstić information content (AvgIpc) is 2.97. The lowest BCUT2D eigenvalue weighted by molar-refractivity contribution is 0.0933. The normalized spacial score (nSPS) is 12.0. The Hall–Kier alpha value is -2.15. The average molecular weight is 410 g/mol. The molecule has 2 N–H and O–H groups in total. The Bertz CT molecular complexity index is 1010. The van der Waals surface area contributed by atoms with Crippen molar-refractivity contribution in [2.24, 2.45) is 0 Å². The Morgan fingerprint density at radius 3 is 2.58 bits per heavy atom. The van der Waals surface area contributed by atoms with Crippen LogP contribution in [0.2, 0.25) is 10.0 Å². The first-order valence-electron chi connectivity index (χ1n) is 7.69. The van der Waals surface area contributed by atoms with Crippen molar-refractivity contribution in [1.29, 1.82) is 0 Å². The highest BCUT2D eigenvalue weighted by Gasteiger charge is 2.18. The summed E-state index contributed by atoms with van der Waals surface area (Å²) in [5.41, 5.74) is 1.63. The minimum atomic E-state index is -0.368. The highest BCUT2D eigenvalue weighted by atomic mass is 35.5. The molecule has 0 bridgehead atoms. The Morgan fingerprint density at radius 2 is 1.92 bits per heavy atom. The highest BCUT2D eigenvalue weighted by Crippen LogP contribution is 2.26. The van der Waals surface area contributed by atoms with E-state index in [9.17, 15) is 9.18 Å². The molecule has 0 saturated carbocycles. The number of aromatic amines is 1. The first kappa shape index (κ1) is 18.6. The second-order valence-electron chi connectivity index (χ2n) is 5.65. The van der Waals surface area contributed by atoms with E-state index < -0.39 is 0 Å². The predicted molar refractivity (Wildman–Crippen MR) is 103 cm³/mol. The van der Waals surface area contributed by atoms with Crippen molar-refractivity contribution < 1.29 is 9.18 Å². The van der Waals surface area contributed by atoms with Crippen LogP contribution in [-0.2, 0) is 0 Å². The molecule has 2 aromatic carbocycles. The maximum Gasteiger partial charge on any atom is 0.270 e. The monoisotopic (exact) mass is 409 g/mol. The number of carbonyl (C=O) groups is 1. The number of halogens is 3. The first-order valence-corrected chi connectivity index (χ1v) is 8.85. The molecule has 0 radical (unpaired) electrons. The minimum Gasteiger partial charge on any atom is -0.344 e. The molecule has 26 heavy (non-hydrogen) atoms. The van der Waals surface area contributed by atoms with Crippen molar-refractivity contribution in [3.63, 3.8) is 0 Å². The number of amides is 1. The van der Waals surface area contributed by atoms with Crippen LogP contribution in [0.25, 0.3) is 5.69 Å². The summed E-state index contributed by atoms with van der Waals surface area (Å²) in [6, 6.07) is 10.5. The van der Waals surface area contributed by atoms with Gasteiger partial charge in [-0.25, -0.2) is 4.39 Å². The SMILES string of the molecule is CC(NC(=O)c1c[nH]c(=S)n1-c1ccc(F)cc1)c1ccc(Cl)cc1Cl. The maximum absolute atomic E-state index is 13.2. The van der Waals surface area contributed by atoms with Gasteiger partial charge in [0.2, 0.25) is 0 Å². The zero-order valence-electron chi connectivity index (χ0n) is 13.6. The molecule has 1 aromatic heterocycles. The van der Waals surface area contributed by atoms with Gasteiger partial charge in [-0.3, -0.25) is 9.36 Å². The molecule has 0 spiro atoms. The third-order valence-electron chi connectivity index (χ3n) is 3.87. The van der Waals surface area contributed by atoms with Crippen LogP contribution in [0.15, 0.2) is 48.7 Å². The lowest BCUT2D eigenvalue weighted by atomic mass is 10.1. The summed E-state index contributed by atoms with van der Waals surface area (Å²) in [5.74, 6) is -0.715. The molecule has 1 amide bonds. The van der Waals surface area contributed by atoms with Gasteiger partial charge in [0, 0.05) is 21.9 Å². The van der Waals surface area contributed by atoms with Crippen LogP contribution < -0.4 is 5.32 Å². The minimum absolute atomic E-state index is 0.304. The summed E-state index contributed by atoms with van der Waals surface area (Å²) in [6.45, 7) is 1.82.